The predicted octanol–water partition coefficient (Wildman–Crippen LogP) is 2.36. The topological polar surface area (TPSA) is 81.4 Å². The Balaban J connectivity index is 2.10. The Labute approximate surface area is 131 Å². The molecule has 6 heteroatoms. The molecule has 0 spiro atoms. The number of nitrogens with two attached hydrogens (primary N) is 1. The molecule has 0 heterocycles. The molecule has 2 aromatic rings. The number of nitrogens with one attached hydrogen (secondary N) is 1. The number of rotatable bonds is 6. The van der Waals surface area contributed by atoms with E-state index in [0.29, 0.717) is 5.69 Å². The van der Waals surface area contributed by atoms with Crippen LogP contribution in [0.1, 0.15) is 18.4 Å². The fourth-order valence-electron chi connectivity index (χ4n) is 2.15. The summed E-state index contributed by atoms with van der Waals surface area (Å²) in [6, 6.07) is 13.7. The summed E-state index contributed by atoms with van der Waals surface area (Å²) in [6.45, 7) is 2.23. The Morgan fingerprint density at radius 2 is 1.77 bits per heavy atom. The summed E-state index contributed by atoms with van der Waals surface area (Å²) in [5.41, 5.74) is 7.06. The molecule has 22 heavy (non-hydrogen) atoms. The third kappa shape index (κ3) is 3.78. The van der Waals surface area contributed by atoms with Gasteiger partial charge in [0.05, 0.1) is 12.0 Å². The summed E-state index contributed by atoms with van der Waals surface area (Å²) in [5.74, 6) is 0.737. The summed E-state index contributed by atoms with van der Waals surface area (Å²) in [5, 5.41) is 0. The van der Waals surface area contributed by atoms with Crippen LogP contribution in [0.25, 0.3) is 0 Å². The van der Waals surface area contributed by atoms with Crippen molar-refractivity contribution in [2.24, 2.45) is 0 Å². The molecule has 0 aliphatic rings. The van der Waals surface area contributed by atoms with Crippen molar-refractivity contribution in [3.05, 3.63) is 54.1 Å². The van der Waals surface area contributed by atoms with Crippen molar-refractivity contribution in [3.63, 3.8) is 0 Å². The van der Waals surface area contributed by atoms with Crippen LogP contribution in [0, 0.1) is 0 Å². The molecule has 0 saturated heterocycles. The molecule has 3 N–H and O–H groups in total. The van der Waals surface area contributed by atoms with Crippen LogP contribution in [-0.4, -0.2) is 22.1 Å². The van der Waals surface area contributed by atoms with Gasteiger partial charge < -0.3 is 10.5 Å². The maximum absolute atomic E-state index is 12.3. The molecular formula is C16H20N2O3S. The van der Waals surface area contributed by atoms with Gasteiger partial charge in [-0.05, 0) is 41.8 Å². The van der Waals surface area contributed by atoms with Crippen molar-refractivity contribution >= 4 is 15.7 Å². The minimum atomic E-state index is -3.55. The van der Waals surface area contributed by atoms with Gasteiger partial charge >= 0.3 is 0 Å². The molecular weight excluding hydrogens is 300 g/mol. The van der Waals surface area contributed by atoms with Crippen molar-refractivity contribution in [1.82, 2.24) is 4.72 Å². The maximum atomic E-state index is 12.3. The Morgan fingerprint density at radius 3 is 2.41 bits per heavy atom. The minimum Gasteiger partial charge on any atom is -0.496 e. The van der Waals surface area contributed by atoms with Gasteiger partial charge in [-0.15, -0.1) is 0 Å². The van der Waals surface area contributed by atoms with Crippen LogP contribution in [0.15, 0.2) is 53.4 Å². The number of anilines is 1. The van der Waals surface area contributed by atoms with Gasteiger partial charge in [-0.2, -0.15) is 0 Å². The first kappa shape index (κ1) is 16.3. The summed E-state index contributed by atoms with van der Waals surface area (Å²) in [7, 11) is -1.94. The molecule has 0 aliphatic carbocycles. The molecule has 2 rings (SSSR count). The van der Waals surface area contributed by atoms with Crippen molar-refractivity contribution in [2.75, 3.05) is 19.4 Å². The summed E-state index contributed by atoms with van der Waals surface area (Å²) >= 11 is 0. The standard InChI is InChI=1S/C16H20N2O3S/c1-12(15-5-3-4-6-16(15)21-2)11-18-22(19,20)14-9-7-13(17)8-10-14/h3-10,12,18H,11,17H2,1-2H3/t12-/m1/s1. The smallest absolute Gasteiger partial charge is 0.240 e. The van der Waals surface area contributed by atoms with Crippen molar-refractivity contribution in [2.45, 2.75) is 17.7 Å². The van der Waals surface area contributed by atoms with E-state index in [1.807, 2.05) is 31.2 Å². The van der Waals surface area contributed by atoms with Gasteiger partial charge in [-0.25, -0.2) is 13.1 Å². The molecule has 0 unspecified atom stereocenters. The lowest BCUT2D eigenvalue weighted by molar-refractivity contribution is 0.406. The minimum absolute atomic E-state index is 0.0142. The van der Waals surface area contributed by atoms with Crippen LogP contribution in [0.4, 0.5) is 5.69 Å². The largest absolute Gasteiger partial charge is 0.496 e. The quantitative estimate of drug-likeness (QED) is 0.801. The first-order valence-electron chi connectivity index (χ1n) is 6.92. The number of ether oxygens (including phenoxy) is 1. The fraction of sp³-hybridized carbons (Fsp3) is 0.250. The van der Waals surface area contributed by atoms with Crippen LogP contribution in [0.3, 0.4) is 0 Å². The van der Waals surface area contributed by atoms with E-state index in [-0.39, 0.29) is 17.4 Å². The Hall–Kier alpha value is -2.05. The molecule has 0 fully saturated rings. The first-order chi connectivity index (χ1) is 10.4. The SMILES string of the molecule is COc1ccccc1[C@H](C)CNS(=O)(=O)c1ccc(N)cc1. The van der Waals surface area contributed by atoms with E-state index >= 15 is 0 Å². The molecule has 0 saturated carbocycles. The van der Waals surface area contributed by atoms with Crippen LogP contribution in [-0.2, 0) is 10.0 Å². The number of para-hydroxylation sites is 1. The molecule has 0 radical (unpaired) electrons. The number of sulfonamides is 1. The zero-order chi connectivity index (χ0) is 16.2. The molecule has 5 nitrogen and oxygen atoms in total. The zero-order valence-electron chi connectivity index (χ0n) is 12.6. The highest BCUT2D eigenvalue weighted by Gasteiger charge is 2.17. The summed E-state index contributed by atoms with van der Waals surface area (Å²) in [6.07, 6.45) is 0. The molecule has 0 amide bonds. The number of benzene rings is 2. The number of hydrogen-bond donors (Lipinski definition) is 2. The van der Waals surface area contributed by atoms with Crippen molar-refractivity contribution in [1.29, 1.82) is 0 Å². The molecule has 118 valence electrons. The van der Waals surface area contributed by atoms with Gasteiger partial charge in [0.1, 0.15) is 5.75 Å². The number of nitrogen functional groups attached to an aromatic ring is 1. The van der Waals surface area contributed by atoms with Crippen LogP contribution >= 0.6 is 0 Å². The van der Waals surface area contributed by atoms with Crippen LogP contribution in [0.5, 0.6) is 5.75 Å². The van der Waals surface area contributed by atoms with Gasteiger partial charge in [0.2, 0.25) is 10.0 Å². The normalized spacial score (nSPS) is 12.8. The summed E-state index contributed by atoms with van der Waals surface area (Å²) < 4.78 is 32.4. The summed E-state index contributed by atoms with van der Waals surface area (Å²) in [4.78, 5) is 0.203. The monoisotopic (exact) mass is 320 g/mol. The Kier molecular flexibility index (Phi) is 5.05. The second-order valence-corrected chi connectivity index (χ2v) is 6.83. The first-order valence-corrected chi connectivity index (χ1v) is 8.40. The van der Waals surface area contributed by atoms with Crippen LogP contribution < -0.4 is 15.2 Å². The zero-order valence-corrected chi connectivity index (χ0v) is 13.4. The van der Waals surface area contributed by atoms with Gasteiger partial charge in [-0.3, -0.25) is 0 Å². The van der Waals surface area contributed by atoms with E-state index in [1.54, 1.807) is 19.2 Å². The molecule has 1 atom stereocenters. The van der Waals surface area contributed by atoms with E-state index in [9.17, 15) is 8.42 Å². The lowest BCUT2D eigenvalue weighted by Gasteiger charge is -2.16. The van der Waals surface area contributed by atoms with Crippen molar-refractivity contribution in [3.8, 4) is 5.75 Å². The van der Waals surface area contributed by atoms with Crippen molar-refractivity contribution < 1.29 is 13.2 Å². The fourth-order valence-corrected chi connectivity index (χ4v) is 3.28. The molecule has 0 aromatic heterocycles. The van der Waals surface area contributed by atoms with Gasteiger partial charge in [0.15, 0.2) is 0 Å². The Bertz CT molecular complexity index is 727. The van der Waals surface area contributed by atoms with Crippen LogP contribution in [0.2, 0.25) is 0 Å². The van der Waals surface area contributed by atoms with E-state index in [1.165, 1.54) is 12.1 Å². The highest BCUT2D eigenvalue weighted by molar-refractivity contribution is 7.89. The molecule has 0 bridgehead atoms. The average molecular weight is 320 g/mol. The maximum Gasteiger partial charge on any atom is 0.240 e. The van der Waals surface area contributed by atoms with Gasteiger partial charge in [0.25, 0.3) is 0 Å². The van der Waals surface area contributed by atoms with E-state index in [2.05, 4.69) is 4.72 Å². The second-order valence-electron chi connectivity index (χ2n) is 5.06. The van der Waals surface area contributed by atoms with E-state index in [0.717, 1.165) is 11.3 Å². The van der Waals surface area contributed by atoms with E-state index in [4.69, 9.17) is 10.5 Å². The Morgan fingerprint density at radius 1 is 1.14 bits per heavy atom. The second kappa shape index (κ2) is 6.81. The van der Waals surface area contributed by atoms with E-state index < -0.39 is 10.0 Å². The third-order valence-corrected chi connectivity index (χ3v) is 4.88. The van der Waals surface area contributed by atoms with Gasteiger partial charge in [0, 0.05) is 12.2 Å². The average Bonchev–Trinajstić information content (AvgIpc) is 2.53. The number of methoxy groups -OCH3 is 1. The lowest BCUT2D eigenvalue weighted by atomic mass is 10.0. The number of hydrogen-bond acceptors (Lipinski definition) is 4. The highest BCUT2D eigenvalue weighted by atomic mass is 32.2. The van der Waals surface area contributed by atoms with Gasteiger partial charge in [-0.1, -0.05) is 25.1 Å². The predicted molar refractivity (Wildman–Crippen MR) is 87.5 cm³/mol. The lowest BCUT2D eigenvalue weighted by Crippen LogP contribution is -2.27. The molecule has 2 aromatic carbocycles. The molecule has 0 aliphatic heterocycles. The third-order valence-electron chi connectivity index (χ3n) is 3.44. The highest BCUT2D eigenvalue weighted by Crippen LogP contribution is 2.25.